The molecule has 156 valence electrons. The lowest BCUT2D eigenvalue weighted by molar-refractivity contribution is -0.128. The molecule has 1 saturated heterocycles. The SMILES string of the molecule is O=C(C[C@H]1SC(=Nc2ccccc2)N(CCc2ccccc2)C1=O)Nc1ccccc1. The zero-order valence-corrected chi connectivity index (χ0v) is 17.8. The number of rotatable bonds is 7. The van der Waals surface area contributed by atoms with Crippen molar-refractivity contribution in [3.63, 3.8) is 0 Å². The third kappa shape index (κ3) is 5.61. The zero-order chi connectivity index (χ0) is 21.5. The number of thioether (sulfide) groups is 1. The molecule has 0 aliphatic carbocycles. The molecule has 1 aliphatic heterocycles. The molecule has 0 bridgehead atoms. The summed E-state index contributed by atoms with van der Waals surface area (Å²) in [5.41, 5.74) is 2.67. The van der Waals surface area contributed by atoms with Crippen LogP contribution in [0.4, 0.5) is 11.4 Å². The van der Waals surface area contributed by atoms with E-state index >= 15 is 0 Å². The lowest BCUT2D eigenvalue weighted by atomic mass is 10.1. The van der Waals surface area contributed by atoms with Gasteiger partial charge in [0.05, 0.1) is 5.69 Å². The minimum absolute atomic E-state index is 0.0705. The third-order valence-corrected chi connectivity index (χ3v) is 6.07. The van der Waals surface area contributed by atoms with Crippen LogP contribution in [0.5, 0.6) is 0 Å². The Labute approximate surface area is 186 Å². The molecule has 1 N–H and O–H groups in total. The van der Waals surface area contributed by atoms with E-state index in [1.165, 1.54) is 11.8 Å². The number of nitrogens with zero attached hydrogens (tertiary/aromatic N) is 2. The van der Waals surface area contributed by atoms with Gasteiger partial charge in [-0.2, -0.15) is 0 Å². The molecule has 31 heavy (non-hydrogen) atoms. The van der Waals surface area contributed by atoms with Crippen molar-refractivity contribution in [3.8, 4) is 0 Å². The van der Waals surface area contributed by atoms with Crippen LogP contribution in [0.2, 0.25) is 0 Å². The number of carbonyl (C=O) groups is 2. The van der Waals surface area contributed by atoms with E-state index in [4.69, 9.17) is 4.99 Å². The van der Waals surface area contributed by atoms with E-state index in [1.54, 1.807) is 4.90 Å². The summed E-state index contributed by atoms with van der Waals surface area (Å²) in [5, 5.41) is 3.02. The van der Waals surface area contributed by atoms with Gasteiger partial charge in [0.1, 0.15) is 5.25 Å². The van der Waals surface area contributed by atoms with Crippen molar-refractivity contribution in [1.29, 1.82) is 0 Å². The van der Waals surface area contributed by atoms with E-state index in [0.29, 0.717) is 11.7 Å². The summed E-state index contributed by atoms with van der Waals surface area (Å²) in [6.07, 6.45) is 0.831. The number of aliphatic imine (C=N–C) groups is 1. The average molecular weight is 430 g/mol. The van der Waals surface area contributed by atoms with Crippen molar-refractivity contribution >= 4 is 40.1 Å². The third-order valence-electron chi connectivity index (χ3n) is 4.90. The number of amidine groups is 1. The highest BCUT2D eigenvalue weighted by atomic mass is 32.2. The molecule has 5 nitrogen and oxygen atoms in total. The van der Waals surface area contributed by atoms with Gasteiger partial charge in [0.2, 0.25) is 11.8 Å². The van der Waals surface area contributed by atoms with Crippen LogP contribution in [0, 0.1) is 0 Å². The van der Waals surface area contributed by atoms with E-state index in [2.05, 4.69) is 5.32 Å². The van der Waals surface area contributed by atoms with Crippen molar-refractivity contribution in [2.45, 2.75) is 18.1 Å². The fourth-order valence-electron chi connectivity index (χ4n) is 3.33. The number of nitrogens with one attached hydrogen (secondary N) is 1. The van der Waals surface area contributed by atoms with Gasteiger partial charge in [-0.15, -0.1) is 0 Å². The number of hydrogen-bond donors (Lipinski definition) is 1. The zero-order valence-electron chi connectivity index (χ0n) is 17.0. The molecule has 1 atom stereocenters. The molecule has 0 aromatic heterocycles. The number of amides is 2. The molecule has 0 saturated carbocycles. The van der Waals surface area contributed by atoms with Crippen molar-refractivity contribution in [2.75, 3.05) is 11.9 Å². The quantitative estimate of drug-likeness (QED) is 0.582. The van der Waals surface area contributed by atoms with Crippen LogP contribution in [0.25, 0.3) is 0 Å². The van der Waals surface area contributed by atoms with Crippen molar-refractivity contribution in [2.24, 2.45) is 4.99 Å². The maximum Gasteiger partial charge on any atom is 0.242 e. The van der Waals surface area contributed by atoms with Crippen LogP contribution < -0.4 is 5.32 Å². The maximum atomic E-state index is 13.2. The first kappa shape index (κ1) is 20.9. The van der Waals surface area contributed by atoms with Gasteiger partial charge < -0.3 is 5.32 Å². The number of carbonyl (C=O) groups excluding carboxylic acids is 2. The average Bonchev–Trinajstić information content (AvgIpc) is 3.08. The van der Waals surface area contributed by atoms with Crippen LogP contribution in [0.3, 0.4) is 0 Å². The van der Waals surface area contributed by atoms with Crippen LogP contribution in [-0.4, -0.2) is 33.7 Å². The predicted molar refractivity (Wildman–Crippen MR) is 126 cm³/mol. The molecule has 3 aromatic carbocycles. The first-order chi connectivity index (χ1) is 15.2. The largest absolute Gasteiger partial charge is 0.326 e. The van der Waals surface area contributed by atoms with E-state index < -0.39 is 5.25 Å². The highest BCUT2D eigenvalue weighted by molar-refractivity contribution is 8.15. The molecule has 1 heterocycles. The second-order valence-corrected chi connectivity index (χ2v) is 8.35. The Morgan fingerprint density at radius 2 is 1.52 bits per heavy atom. The molecule has 0 spiro atoms. The first-order valence-electron chi connectivity index (χ1n) is 10.2. The molecule has 1 aliphatic rings. The number of anilines is 1. The molecular formula is C25H23N3O2S. The first-order valence-corrected chi connectivity index (χ1v) is 11.1. The highest BCUT2D eigenvalue weighted by Crippen LogP contribution is 2.32. The van der Waals surface area contributed by atoms with E-state index in [1.807, 2.05) is 91.0 Å². The summed E-state index contributed by atoms with van der Waals surface area (Å²) in [6.45, 7) is 0.526. The van der Waals surface area contributed by atoms with Gasteiger partial charge in [-0.1, -0.05) is 78.5 Å². The van der Waals surface area contributed by atoms with E-state index in [0.717, 1.165) is 23.4 Å². The van der Waals surface area contributed by atoms with Crippen LogP contribution in [-0.2, 0) is 16.0 Å². The Morgan fingerprint density at radius 3 is 2.19 bits per heavy atom. The molecule has 0 unspecified atom stereocenters. The molecular weight excluding hydrogens is 406 g/mol. The highest BCUT2D eigenvalue weighted by Gasteiger charge is 2.38. The van der Waals surface area contributed by atoms with Gasteiger partial charge in [-0.25, -0.2) is 4.99 Å². The smallest absolute Gasteiger partial charge is 0.242 e. The van der Waals surface area contributed by atoms with Gasteiger partial charge in [0, 0.05) is 18.7 Å². The lowest BCUT2D eigenvalue weighted by Gasteiger charge is -2.16. The van der Waals surface area contributed by atoms with Crippen LogP contribution >= 0.6 is 11.8 Å². The summed E-state index contributed by atoms with van der Waals surface area (Å²) < 4.78 is 0. The molecule has 2 amide bonds. The monoisotopic (exact) mass is 429 g/mol. The Hall–Kier alpha value is -3.38. The lowest BCUT2D eigenvalue weighted by Crippen LogP contribution is -2.35. The summed E-state index contributed by atoms with van der Waals surface area (Å²) in [4.78, 5) is 32.1. The van der Waals surface area contributed by atoms with E-state index in [-0.39, 0.29) is 18.2 Å². The van der Waals surface area contributed by atoms with Crippen LogP contribution in [0.1, 0.15) is 12.0 Å². The Kier molecular flexibility index (Phi) is 6.79. The predicted octanol–water partition coefficient (Wildman–Crippen LogP) is 4.89. The normalized spacial score (nSPS) is 17.2. The van der Waals surface area contributed by atoms with Gasteiger partial charge >= 0.3 is 0 Å². The number of benzene rings is 3. The Morgan fingerprint density at radius 1 is 0.903 bits per heavy atom. The fraction of sp³-hybridized carbons (Fsp3) is 0.160. The number of hydrogen-bond acceptors (Lipinski definition) is 4. The van der Waals surface area contributed by atoms with Crippen LogP contribution in [0.15, 0.2) is 96.0 Å². The maximum absolute atomic E-state index is 13.2. The van der Waals surface area contributed by atoms with Gasteiger partial charge in [-0.3, -0.25) is 14.5 Å². The minimum atomic E-state index is -0.484. The second-order valence-electron chi connectivity index (χ2n) is 7.18. The summed E-state index contributed by atoms with van der Waals surface area (Å²) >= 11 is 1.36. The van der Waals surface area contributed by atoms with E-state index in [9.17, 15) is 9.59 Å². The van der Waals surface area contributed by atoms with Crippen molar-refractivity contribution < 1.29 is 9.59 Å². The standard InChI is InChI=1S/C25H23N3O2S/c29-23(26-20-12-6-2-7-13-20)18-22-24(30)28(17-16-19-10-4-1-5-11-19)25(31-22)27-21-14-8-3-9-15-21/h1-15,22H,16-18H2,(H,26,29)/t22-/m1/s1. The van der Waals surface area contributed by atoms with Crippen molar-refractivity contribution in [1.82, 2.24) is 4.90 Å². The topological polar surface area (TPSA) is 61.8 Å². The van der Waals surface area contributed by atoms with Crippen molar-refractivity contribution in [3.05, 3.63) is 96.6 Å². The molecule has 6 heteroatoms. The second kappa shape index (κ2) is 10.1. The molecule has 3 aromatic rings. The molecule has 1 fully saturated rings. The van der Waals surface area contributed by atoms with Gasteiger partial charge in [0.25, 0.3) is 0 Å². The molecule has 4 rings (SSSR count). The Balaban J connectivity index is 1.49. The summed E-state index contributed by atoms with van der Waals surface area (Å²) in [5.74, 6) is -0.250. The minimum Gasteiger partial charge on any atom is -0.326 e. The Bertz CT molecular complexity index is 1060. The summed E-state index contributed by atoms with van der Waals surface area (Å²) in [6, 6.07) is 28.9. The fourth-order valence-corrected chi connectivity index (χ4v) is 4.52. The molecule has 0 radical (unpaired) electrons. The van der Waals surface area contributed by atoms with Gasteiger partial charge in [0.15, 0.2) is 5.17 Å². The number of para-hydroxylation sites is 2. The van der Waals surface area contributed by atoms with Gasteiger partial charge in [-0.05, 0) is 36.2 Å². The summed E-state index contributed by atoms with van der Waals surface area (Å²) in [7, 11) is 0.